The molecule has 2 unspecified atom stereocenters. The fraction of sp³-hybridized carbons (Fsp3) is 0.250. The molecule has 4 N–H and O–H groups in total. The summed E-state index contributed by atoms with van der Waals surface area (Å²) in [7, 11) is 0. The molecule has 0 aliphatic heterocycles. The topological polar surface area (TPSA) is 101 Å². The molecule has 1 aromatic rings. The first-order valence-electron chi connectivity index (χ1n) is 3.76. The van der Waals surface area contributed by atoms with Crippen LogP contribution in [0.1, 0.15) is 21.3 Å². The highest BCUT2D eigenvalue weighted by Gasteiger charge is 2.25. The van der Waals surface area contributed by atoms with Gasteiger partial charge in [-0.05, 0) is 11.4 Å². The minimum Gasteiger partial charge on any atom is -0.385 e. The Morgan fingerprint density at radius 3 is 2.71 bits per heavy atom. The fourth-order valence-corrected chi connectivity index (χ4v) is 1.74. The van der Waals surface area contributed by atoms with E-state index in [1.807, 2.05) is 0 Å². The number of hydrogen-bond donors (Lipinski definition) is 3. The van der Waals surface area contributed by atoms with E-state index in [0.29, 0.717) is 6.29 Å². The highest BCUT2D eigenvalue weighted by Crippen LogP contribution is 2.24. The number of nitrogens with two attached hydrogens (primary N) is 1. The minimum atomic E-state index is -1.69. The average Bonchev–Trinajstić information content (AvgIpc) is 2.62. The molecule has 1 amide bonds. The van der Waals surface area contributed by atoms with E-state index in [1.165, 1.54) is 6.07 Å². The zero-order valence-corrected chi connectivity index (χ0v) is 7.90. The number of amides is 1. The predicted molar refractivity (Wildman–Crippen MR) is 49.9 cm³/mol. The first-order chi connectivity index (χ1) is 6.57. The number of thiophene rings is 1. The van der Waals surface area contributed by atoms with E-state index in [4.69, 9.17) is 10.8 Å². The standard InChI is InChI=1S/C8H9NO4S/c9-8(13)7(12)6(11)4-1-2-14-5(4)3-10/h1-3,6-7,11-12H,(H2,9,13). The second kappa shape index (κ2) is 4.32. The molecular weight excluding hydrogens is 206 g/mol. The molecular formula is C8H9NO4S. The second-order valence-corrected chi connectivity index (χ2v) is 3.60. The third kappa shape index (κ3) is 1.98. The van der Waals surface area contributed by atoms with Gasteiger partial charge in [-0.3, -0.25) is 9.59 Å². The number of carbonyl (C=O) groups is 2. The van der Waals surface area contributed by atoms with Gasteiger partial charge in [0.2, 0.25) is 5.91 Å². The molecule has 0 bridgehead atoms. The molecule has 0 aromatic carbocycles. The maximum Gasteiger partial charge on any atom is 0.249 e. The first-order valence-corrected chi connectivity index (χ1v) is 4.64. The minimum absolute atomic E-state index is 0.219. The summed E-state index contributed by atoms with van der Waals surface area (Å²) in [5.74, 6) is -1.03. The number of carbonyl (C=O) groups excluding carboxylic acids is 2. The lowest BCUT2D eigenvalue weighted by Gasteiger charge is -2.13. The fourth-order valence-electron chi connectivity index (χ4n) is 0.997. The third-order valence-corrected chi connectivity index (χ3v) is 2.60. The van der Waals surface area contributed by atoms with Crippen LogP contribution in [-0.2, 0) is 4.79 Å². The number of primary amides is 1. The summed E-state index contributed by atoms with van der Waals surface area (Å²) in [5.41, 5.74) is 5.02. The molecule has 5 nitrogen and oxygen atoms in total. The van der Waals surface area contributed by atoms with Crippen LogP contribution < -0.4 is 5.73 Å². The smallest absolute Gasteiger partial charge is 0.249 e. The molecule has 1 rings (SSSR count). The molecule has 0 fully saturated rings. The first kappa shape index (κ1) is 10.8. The van der Waals surface area contributed by atoms with Crippen molar-refractivity contribution < 1.29 is 19.8 Å². The second-order valence-electron chi connectivity index (χ2n) is 2.65. The third-order valence-electron chi connectivity index (χ3n) is 1.74. The van der Waals surface area contributed by atoms with E-state index >= 15 is 0 Å². The van der Waals surface area contributed by atoms with Gasteiger partial charge in [0.25, 0.3) is 0 Å². The largest absolute Gasteiger partial charge is 0.385 e. The van der Waals surface area contributed by atoms with Gasteiger partial charge in [-0.25, -0.2) is 0 Å². The number of aliphatic hydroxyl groups excluding tert-OH is 2. The van der Waals surface area contributed by atoms with Gasteiger partial charge in [-0.1, -0.05) is 0 Å². The molecule has 0 spiro atoms. The number of aldehydes is 1. The number of aliphatic hydroxyl groups is 2. The van der Waals surface area contributed by atoms with Crippen molar-refractivity contribution in [2.75, 3.05) is 0 Å². The Bertz CT molecular complexity index is 349. The molecule has 76 valence electrons. The lowest BCUT2D eigenvalue weighted by molar-refractivity contribution is -0.131. The van der Waals surface area contributed by atoms with Crippen LogP contribution in [0.25, 0.3) is 0 Å². The summed E-state index contributed by atoms with van der Waals surface area (Å²) >= 11 is 1.12. The molecule has 2 atom stereocenters. The van der Waals surface area contributed by atoms with E-state index in [1.54, 1.807) is 5.38 Å². The molecule has 6 heteroatoms. The maximum atomic E-state index is 10.6. The summed E-state index contributed by atoms with van der Waals surface area (Å²) in [6.07, 6.45) is -2.58. The lowest BCUT2D eigenvalue weighted by atomic mass is 10.1. The van der Waals surface area contributed by atoms with E-state index in [2.05, 4.69) is 0 Å². The van der Waals surface area contributed by atoms with E-state index in [-0.39, 0.29) is 10.4 Å². The number of rotatable bonds is 4. The van der Waals surface area contributed by atoms with Crippen molar-refractivity contribution in [1.29, 1.82) is 0 Å². The summed E-state index contributed by atoms with van der Waals surface area (Å²) in [6.45, 7) is 0. The molecule has 0 aliphatic rings. The van der Waals surface area contributed by atoms with E-state index in [9.17, 15) is 14.7 Å². The predicted octanol–water partition coefficient (Wildman–Crippen LogP) is -0.560. The van der Waals surface area contributed by atoms with Gasteiger partial charge < -0.3 is 15.9 Å². The Morgan fingerprint density at radius 2 is 2.21 bits per heavy atom. The van der Waals surface area contributed by atoms with Crippen LogP contribution in [0.3, 0.4) is 0 Å². The van der Waals surface area contributed by atoms with Crippen molar-refractivity contribution in [3.63, 3.8) is 0 Å². The zero-order chi connectivity index (χ0) is 10.7. The summed E-state index contributed by atoms with van der Waals surface area (Å²) in [4.78, 5) is 21.3. The Kier molecular flexibility index (Phi) is 3.34. The quantitative estimate of drug-likeness (QED) is 0.586. The van der Waals surface area contributed by atoms with Crippen molar-refractivity contribution in [1.82, 2.24) is 0 Å². The highest BCUT2D eigenvalue weighted by atomic mass is 32.1. The van der Waals surface area contributed by atoms with Crippen molar-refractivity contribution in [3.8, 4) is 0 Å². The summed E-state index contributed by atoms with van der Waals surface area (Å²) in [5, 5.41) is 20.2. The average molecular weight is 215 g/mol. The van der Waals surface area contributed by atoms with Gasteiger partial charge in [0, 0.05) is 5.56 Å². The summed E-state index contributed by atoms with van der Waals surface area (Å²) < 4.78 is 0. The van der Waals surface area contributed by atoms with Crippen LogP contribution in [0.4, 0.5) is 0 Å². The molecule has 0 radical (unpaired) electrons. The Hall–Kier alpha value is -1.24. The van der Waals surface area contributed by atoms with Gasteiger partial charge in [-0.15, -0.1) is 11.3 Å². The van der Waals surface area contributed by atoms with Gasteiger partial charge >= 0.3 is 0 Å². The molecule has 1 heterocycles. The molecule has 14 heavy (non-hydrogen) atoms. The van der Waals surface area contributed by atoms with Crippen LogP contribution in [0, 0.1) is 0 Å². The van der Waals surface area contributed by atoms with Crippen LogP contribution in [0.15, 0.2) is 11.4 Å². The number of hydrogen-bond acceptors (Lipinski definition) is 5. The van der Waals surface area contributed by atoms with Gasteiger partial charge in [0.15, 0.2) is 12.4 Å². The Labute approximate surface area is 83.8 Å². The van der Waals surface area contributed by atoms with Crippen LogP contribution in [-0.4, -0.2) is 28.5 Å². The van der Waals surface area contributed by atoms with E-state index in [0.717, 1.165) is 11.3 Å². The molecule has 0 saturated carbocycles. The SMILES string of the molecule is NC(=O)C(O)C(O)c1ccsc1C=O. The molecule has 1 aromatic heterocycles. The zero-order valence-electron chi connectivity index (χ0n) is 7.08. The molecule has 0 aliphatic carbocycles. The van der Waals surface area contributed by atoms with Crippen molar-refractivity contribution in [2.45, 2.75) is 12.2 Å². The van der Waals surface area contributed by atoms with Crippen LogP contribution >= 0.6 is 11.3 Å². The van der Waals surface area contributed by atoms with Crippen molar-refractivity contribution in [3.05, 3.63) is 21.9 Å². The lowest BCUT2D eigenvalue weighted by Crippen LogP contribution is -2.34. The van der Waals surface area contributed by atoms with E-state index < -0.39 is 18.1 Å². The van der Waals surface area contributed by atoms with Crippen molar-refractivity contribution >= 4 is 23.5 Å². The van der Waals surface area contributed by atoms with Gasteiger partial charge in [0.05, 0.1) is 4.88 Å². The Balaban J connectivity index is 2.93. The Morgan fingerprint density at radius 1 is 1.57 bits per heavy atom. The monoisotopic (exact) mass is 215 g/mol. The van der Waals surface area contributed by atoms with Crippen LogP contribution in [0.5, 0.6) is 0 Å². The van der Waals surface area contributed by atoms with Crippen LogP contribution in [0.2, 0.25) is 0 Å². The van der Waals surface area contributed by atoms with Gasteiger partial charge in [-0.2, -0.15) is 0 Å². The summed E-state index contributed by atoms with van der Waals surface area (Å²) in [6, 6.07) is 1.46. The molecule has 0 saturated heterocycles. The van der Waals surface area contributed by atoms with Crippen molar-refractivity contribution in [2.24, 2.45) is 5.73 Å². The highest BCUT2D eigenvalue weighted by molar-refractivity contribution is 7.11. The van der Waals surface area contributed by atoms with Gasteiger partial charge in [0.1, 0.15) is 6.10 Å². The normalized spacial score (nSPS) is 14.7. The maximum absolute atomic E-state index is 10.6.